The molecule has 0 aliphatic heterocycles. The first-order valence-electron chi connectivity index (χ1n) is 6.50. The van der Waals surface area contributed by atoms with Crippen LogP contribution in [0.2, 0.25) is 0 Å². The van der Waals surface area contributed by atoms with Gasteiger partial charge in [-0.1, -0.05) is 0 Å². The van der Waals surface area contributed by atoms with Crippen molar-refractivity contribution in [3.05, 3.63) is 0 Å². The minimum absolute atomic E-state index is 0.460. The van der Waals surface area contributed by atoms with Crippen LogP contribution in [0, 0.1) is 0 Å². The van der Waals surface area contributed by atoms with Crippen molar-refractivity contribution in [3.63, 3.8) is 0 Å². The minimum atomic E-state index is -3.55. The average Bonchev–Trinajstić information content (AvgIpc) is 2.34. The molecule has 0 aliphatic carbocycles. The molecule has 0 rings (SSSR count). The number of halogens is 3. The summed E-state index contributed by atoms with van der Waals surface area (Å²) in [6.45, 7) is 0.883. The zero-order valence-electron chi connectivity index (χ0n) is 12.1. The number of carbonyl (C=O) groups is 4. The number of hydrogen-bond acceptors (Lipinski definition) is 4. The number of amides is 2. The molecule has 2 amide bonds. The highest BCUT2D eigenvalue weighted by Gasteiger charge is 2.31. The van der Waals surface area contributed by atoms with E-state index >= 15 is 0 Å². The first-order chi connectivity index (χ1) is 10.4. The molecule has 0 spiro atoms. The molecule has 0 aromatic rings. The van der Waals surface area contributed by atoms with Gasteiger partial charge in [-0.25, -0.2) is 9.18 Å². The van der Waals surface area contributed by atoms with E-state index in [-0.39, 0.29) is 0 Å². The third-order valence-electron chi connectivity index (χ3n) is 2.59. The third-order valence-corrected chi connectivity index (χ3v) is 2.59. The fourth-order valence-electron chi connectivity index (χ4n) is 1.59. The Kier molecular flexibility index (Phi) is 8.05. The number of nitrogens with one attached hydrogen (secondary N) is 2. The molecule has 2 atom stereocenters. The predicted octanol–water partition coefficient (Wildman–Crippen LogP) is 0.268. The number of carboxylic acids is 2. The Morgan fingerprint density at radius 1 is 1.17 bits per heavy atom. The van der Waals surface area contributed by atoms with Gasteiger partial charge in [0.05, 0.1) is 6.42 Å². The Bertz CT molecular complexity index is 472. The molecular formula is C12H17F3N2O6. The molecule has 0 aromatic heterocycles. The Hall–Kier alpha value is -2.33. The van der Waals surface area contributed by atoms with E-state index in [9.17, 15) is 32.3 Å². The summed E-state index contributed by atoms with van der Waals surface area (Å²) >= 11 is 0. The van der Waals surface area contributed by atoms with Gasteiger partial charge in [-0.15, -0.1) is 0 Å². The molecule has 0 heterocycles. The van der Waals surface area contributed by atoms with Crippen molar-refractivity contribution in [1.29, 1.82) is 0 Å². The van der Waals surface area contributed by atoms with Gasteiger partial charge < -0.3 is 15.5 Å². The largest absolute Gasteiger partial charge is 0.481 e. The summed E-state index contributed by atoms with van der Waals surface area (Å²) in [5, 5.41) is 20.2. The van der Waals surface area contributed by atoms with Gasteiger partial charge in [0.1, 0.15) is 6.04 Å². The van der Waals surface area contributed by atoms with Crippen molar-refractivity contribution < 1.29 is 42.6 Å². The molecule has 1 unspecified atom stereocenters. The van der Waals surface area contributed by atoms with Crippen LogP contribution in [0.25, 0.3) is 0 Å². The van der Waals surface area contributed by atoms with Crippen LogP contribution < -0.4 is 10.6 Å². The molecule has 0 aromatic carbocycles. The summed E-state index contributed by atoms with van der Waals surface area (Å²) in [5.74, 6) is -5.54. The highest BCUT2D eigenvalue weighted by atomic mass is 19.3. The smallest absolute Gasteiger partial charge is 0.326 e. The van der Waals surface area contributed by atoms with Gasteiger partial charge in [-0.3, -0.25) is 19.7 Å². The maximum absolute atomic E-state index is 13.5. The first kappa shape index (κ1) is 20.7. The molecule has 0 saturated carbocycles. The molecular weight excluding hydrogens is 325 g/mol. The summed E-state index contributed by atoms with van der Waals surface area (Å²) < 4.78 is 39.7. The summed E-state index contributed by atoms with van der Waals surface area (Å²) in [5.41, 5.74) is 0. The molecule has 132 valence electrons. The van der Waals surface area contributed by atoms with Crippen molar-refractivity contribution in [2.24, 2.45) is 0 Å². The van der Waals surface area contributed by atoms with Crippen LogP contribution in [-0.4, -0.2) is 52.2 Å². The molecule has 23 heavy (non-hydrogen) atoms. The fourth-order valence-corrected chi connectivity index (χ4v) is 1.59. The van der Waals surface area contributed by atoms with Gasteiger partial charge in [-0.2, -0.15) is 8.78 Å². The summed E-state index contributed by atoms with van der Waals surface area (Å²) in [4.78, 5) is 43.0. The number of rotatable bonds is 10. The standard InChI is InChI=1S/C12H17F3N2O6/c1-6(18)17-12(14,15)4-2-3-7(13)10(21)16-8(11(22)23)5-9(19)20/h7-8H,2-5H2,1H3,(H,16,21)(H,17,18)(H,19,20)(H,22,23)/t7?,8-/m0/s1. The predicted molar refractivity (Wildman–Crippen MR) is 69.3 cm³/mol. The number of aliphatic carboxylic acids is 2. The van der Waals surface area contributed by atoms with Crippen LogP contribution >= 0.6 is 0 Å². The van der Waals surface area contributed by atoms with Gasteiger partial charge in [0, 0.05) is 13.3 Å². The quantitative estimate of drug-likeness (QED) is 0.421. The second-order valence-corrected chi connectivity index (χ2v) is 4.74. The van der Waals surface area contributed by atoms with E-state index in [2.05, 4.69) is 0 Å². The van der Waals surface area contributed by atoms with Crippen LogP contribution in [0.15, 0.2) is 0 Å². The molecule has 0 bridgehead atoms. The monoisotopic (exact) mass is 342 g/mol. The number of hydrogen-bond donors (Lipinski definition) is 4. The van der Waals surface area contributed by atoms with E-state index < -0.39 is 67.7 Å². The zero-order valence-corrected chi connectivity index (χ0v) is 12.1. The van der Waals surface area contributed by atoms with Crippen molar-refractivity contribution >= 4 is 23.8 Å². The first-order valence-corrected chi connectivity index (χ1v) is 6.50. The minimum Gasteiger partial charge on any atom is -0.481 e. The lowest BCUT2D eigenvalue weighted by Crippen LogP contribution is -2.45. The maximum Gasteiger partial charge on any atom is 0.326 e. The van der Waals surface area contributed by atoms with Crippen molar-refractivity contribution in [3.8, 4) is 0 Å². The summed E-state index contributed by atoms with van der Waals surface area (Å²) in [6.07, 6.45) is -5.23. The van der Waals surface area contributed by atoms with E-state index in [4.69, 9.17) is 10.2 Å². The van der Waals surface area contributed by atoms with Gasteiger partial charge in [0.15, 0.2) is 6.17 Å². The Morgan fingerprint density at radius 2 is 1.74 bits per heavy atom. The van der Waals surface area contributed by atoms with Gasteiger partial charge in [0.25, 0.3) is 5.91 Å². The third kappa shape index (κ3) is 9.32. The van der Waals surface area contributed by atoms with Crippen LogP contribution in [0.1, 0.15) is 32.6 Å². The molecule has 8 nitrogen and oxygen atoms in total. The van der Waals surface area contributed by atoms with Crippen LogP contribution in [0.5, 0.6) is 0 Å². The normalized spacial score (nSPS) is 13.7. The van der Waals surface area contributed by atoms with Gasteiger partial charge in [-0.05, 0) is 12.8 Å². The highest BCUT2D eigenvalue weighted by Crippen LogP contribution is 2.19. The molecule has 4 N–H and O–H groups in total. The lowest BCUT2D eigenvalue weighted by atomic mass is 10.1. The Labute approximate surface area is 129 Å². The van der Waals surface area contributed by atoms with Crippen molar-refractivity contribution in [2.45, 2.75) is 50.9 Å². The SMILES string of the molecule is CC(=O)NC(F)(F)CCCC(F)C(=O)N[C@@H](CC(=O)O)C(=O)O. The van der Waals surface area contributed by atoms with E-state index in [1.54, 1.807) is 5.32 Å². The fraction of sp³-hybridized carbons (Fsp3) is 0.667. The van der Waals surface area contributed by atoms with Crippen molar-refractivity contribution in [1.82, 2.24) is 10.6 Å². The lowest BCUT2D eigenvalue weighted by molar-refractivity contribution is -0.147. The number of alkyl halides is 3. The number of carbonyl (C=O) groups excluding carboxylic acids is 2. The van der Waals surface area contributed by atoms with Crippen molar-refractivity contribution in [2.75, 3.05) is 0 Å². The maximum atomic E-state index is 13.5. The van der Waals surface area contributed by atoms with Crippen LogP contribution in [0.4, 0.5) is 13.2 Å². The molecule has 0 aliphatic rings. The lowest BCUT2D eigenvalue weighted by Gasteiger charge is -2.18. The van der Waals surface area contributed by atoms with E-state index in [1.807, 2.05) is 0 Å². The van der Waals surface area contributed by atoms with E-state index in [0.717, 1.165) is 6.92 Å². The molecule has 0 fully saturated rings. The average molecular weight is 342 g/mol. The molecule has 0 radical (unpaired) electrons. The molecule has 0 saturated heterocycles. The van der Waals surface area contributed by atoms with E-state index in [0.29, 0.717) is 0 Å². The van der Waals surface area contributed by atoms with Gasteiger partial charge in [0.2, 0.25) is 5.91 Å². The second kappa shape index (κ2) is 8.96. The number of carboxylic acid groups (broad SMARTS) is 2. The second-order valence-electron chi connectivity index (χ2n) is 4.74. The Balaban J connectivity index is 4.36. The van der Waals surface area contributed by atoms with Crippen LogP contribution in [0.3, 0.4) is 0 Å². The molecule has 11 heteroatoms. The Morgan fingerprint density at radius 3 is 2.17 bits per heavy atom. The zero-order chi connectivity index (χ0) is 18.2. The van der Waals surface area contributed by atoms with Crippen LogP contribution in [-0.2, 0) is 19.2 Å². The van der Waals surface area contributed by atoms with E-state index in [1.165, 1.54) is 5.32 Å². The summed E-state index contributed by atoms with van der Waals surface area (Å²) in [7, 11) is 0. The highest BCUT2D eigenvalue weighted by molar-refractivity contribution is 5.88. The van der Waals surface area contributed by atoms with Gasteiger partial charge >= 0.3 is 18.0 Å². The summed E-state index contributed by atoms with van der Waals surface area (Å²) in [6, 6.07) is -5.37. The topological polar surface area (TPSA) is 133 Å².